The van der Waals surface area contributed by atoms with E-state index in [2.05, 4.69) is 0 Å². The van der Waals surface area contributed by atoms with Crippen LogP contribution < -0.4 is 0 Å². The van der Waals surface area contributed by atoms with Crippen molar-refractivity contribution in [1.82, 2.24) is 0 Å². The topological polar surface area (TPSA) is 34.1 Å². The van der Waals surface area contributed by atoms with E-state index in [1.807, 2.05) is 0 Å². The summed E-state index contributed by atoms with van der Waals surface area (Å²) in [7, 11) is -1.34. The van der Waals surface area contributed by atoms with Gasteiger partial charge in [-0.25, -0.2) is 4.39 Å². The summed E-state index contributed by atoms with van der Waals surface area (Å²) >= 11 is 0. The predicted molar refractivity (Wildman–Crippen MR) is 46.7 cm³/mol. The summed E-state index contributed by atoms with van der Waals surface area (Å²) < 4.78 is 24.5. The highest BCUT2D eigenvalue weighted by molar-refractivity contribution is 7.86. The molecule has 0 fully saturated rings. The summed E-state index contributed by atoms with van der Waals surface area (Å²) in [5.74, 6) is -0.983. The molecular weight excluding hydrogens is 191 g/mol. The number of rotatable bonds is 0. The highest BCUT2D eigenvalue weighted by atomic mass is 32.2. The second-order valence-electron chi connectivity index (χ2n) is 2.98. The van der Waals surface area contributed by atoms with E-state index in [1.165, 1.54) is 6.07 Å². The number of Topliss-reactive ketones (excluding diaryl/α,β-unsaturated/α-hetero) is 1. The summed E-state index contributed by atoms with van der Waals surface area (Å²) in [5, 5.41) is 0. The van der Waals surface area contributed by atoms with E-state index in [4.69, 9.17) is 0 Å². The third-order valence-electron chi connectivity index (χ3n) is 2.07. The summed E-state index contributed by atoms with van der Waals surface area (Å²) in [6, 6.07) is 2.79. The smallest absolute Gasteiger partial charge is 0.179 e. The van der Waals surface area contributed by atoms with Gasteiger partial charge in [0.15, 0.2) is 5.78 Å². The van der Waals surface area contributed by atoms with Gasteiger partial charge in [-0.1, -0.05) is 6.07 Å². The van der Waals surface area contributed by atoms with Gasteiger partial charge in [-0.2, -0.15) is 0 Å². The molecule has 68 valence electrons. The van der Waals surface area contributed by atoms with Crippen LogP contribution in [-0.2, 0) is 10.8 Å². The molecule has 0 aromatic heterocycles. The van der Waals surface area contributed by atoms with E-state index >= 15 is 0 Å². The van der Waals surface area contributed by atoms with Crippen molar-refractivity contribution in [3.05, 3.63) is 29.1 Å². The molecule has 1 aliphatic heterocycles. The zero-order valence-corrected chi connectivity index (χ0v) is 7.78. The van der Waals surface area contributed by atoms with Crippen LogP contribution in [0.5, 0.6) is 0 Å². The number of hydrogen-bond donors (Lipinski definition) is 0. The van der Waals surface area contributed by atoms with Crippen LogP contribution in [0.1, 0.15) is 15.9 Å². The molecule has 2 nitrogen and oxygen atoms in total. The normalized spacial score (nSPS) is 20.5. The molecule has 0 amide bonds. The summed E-state index contributed by atoms with van der Waals surface area (Å²) in [6.07, 6.45) is 0. The zero-order chi connectivity index (χ0) is 9.59. The minimum absolute atomic E-state index is 0.0262. The molecule has 0 saturated heterocycles. The fraction of sp³-hybridized carbons (Fsp3) is 0.222. The molecule has 13 heavy (non-hydrogen) atoms. The van der Waals surface area contributed by atoms with Crippen LogP contribution >= 0.6 is 0 Å². The molecule has 0 saturated carbocycles. The molecule has 1 unspecified atom stereocenters. The predicted octanol–water partition coefficient (Wildman–Crippen LogP) is 1.44. The van der Waals surface area contributed by atoms with Crippen LogP contribution in [0.3, 0.4) is 0 Å². The Morgan fingerprint density at radius 3 is 2.77 bits per heavy atom. The van der Waals surface area contributed by atoms with Crippen LogP contribution in [0.15, 0.2) is 17.0 Å². The van der Waals surface area contributed by atoms with Gasteiger partial charge in [-0.3, -0.25) is 9.00 Å². The Balaban J connectivity index is 2.81. The Hall–Kier alpha value is -1.03. The Kier molecular flexibility index (Phi) is 1.80. The van der Waals surface area contributed by atoms with Gasteiger partial charge >= 0.3 is 0 Å². The fourth-order valence-corrected chi connectivity index (χ4v) is 2.87. The van der Waals surface area contributed by atoms with Crippen LogP contribution in [-0.4, -0.2) is 15.7 Å². The lowest BCUT2D eigenvalue weighted by molar-refractivity contribution is 0.101. The Morgan fingerprint density at radius 2 is 2.15 bits per heavy atom. The SMILES string of the molecule is Cc1ccc(F)c2c1S(=O)CC2=O. The number of hydrogen-bond acceptors (Lipinski definition) is 2. The van der Waals surface area contributed by atoms with Gasteiger partial charge in [-0.15, -0.1) is 0 Å². The van der Waals surface area contributed by atoms with Crippen LogP contribution in [0.4, 0.5) is 4.39 Å². The first-order valence-electron chi connectivity index (χ1n) is 3.82. The molecule has 2 rings (SSSR count). The van der Waals surface area contributed by atoms with Gasteiger partial charge in [0.25, 0.3) is 0 Å². The Morgan fingerprint density at radius 1 is 1.46 bits per heavy atom. The maximum Gasteiger partial charge on any atom is 0.179 e. The van der Waals surface area contributed by atoms with E-state index in [-0.39, 0.29) is 17.1 Å². The molecular formula is C9H7FO2S. The van der Waals surface area contributed by atoms with Crippen molar-refractivity contribution in [3.63, 3.8) is 0 Å². The molecule has 1 aliphatic rings. The summed E-state index contributed by atoms with van der Waals surface area (Å²) in [6.45, 7) is 1.73. The highest BCUT2D eigenvalue weighted by Crippen LogP contribution is 2.28. The van der Waals surface area contributed by atoms with Crippen molar-refractivity contribution in [2.24, 2.45) is 0 Å². The first-order chi connectivity index (χ1) is 6.11. The van der Waals surface area contributed by atoms with Gasteiger partial charge in [-0.05, 0) is 18.6 Å². The Labute approximate surface area is 77.2 Å². The lowest BCUT2D eigenvalue weighted by Crippen LogP contribution is -1.99. The zero-order valence-electron chi connectivity index (χ0n) is 6.96. The van der Waals surface area contributed by atoms with Crippen LogP contribution in [0, 0.1) is 12.7 Å². The van der Waals surface area contributed by atoms with Crippen molar-refractivity contribution < 1.29 is 13.4 Å². The summed E-state index contributed by atoms with van der Waals surface area (Å²) in [5.41, 5.74) is 0.749. The van der Waals surface area contributed by atoms with Gasteiger partial charge in [0.1, 0.15) is 5.82 Å². The number of halogens is 1. The molecule has 1 aromatic carbocycles. The number of carbonyl (C=O) groups is 1. The molecule has 0 bridgehead atoms. The molecule has 1 atom stereocenters. The number of benzene rings is 1. The van der Waals surface area contributed by atoms with Crippen molar-refractivity contribution in [2.75, 3.05) is 5.75 Å². The second-order valence-corrected chi connectivity index (χ2v) is 4.37. The van der Waals surface area contributed by atoms with Crippen LogP contribution in [0.2, 0.25) is 0 Å². The van der Waals surface area contributed by atoms with E-state index in [1.54, 1.807) is 13.0 Å². The maximum absolute atomic E-state index is 13.1. The third-order valence-corrected chi connectivity index (χ3v) is 3.58. The van der Waals surface area contributed by atoms with Gasteiger partial charge in [0, 0.05) is 0 Å². The highest BCUT2D eigenvalue weighted by Gasteiger charge is 2.30. The quantitative estimate of drug-likeness (QED) is 0.632. The minimum Gasteiger partial charge on any atom is -0.293 e. The average molecular weight is 198 g/mol. The van der Waals surface area contributed by atoms with E-state index < -0.39 is 16.6 Å². The first kappa shape index (κ1) is 8.56. The maximum atomic E-state index is 13.1. The lowest BCUT2D eigenvalue weighted by atomic mass is 10.1. The van der Waals surface area contributed by atoms with Gasteiger partial charge < -0.3 is 0 Å². The van der Waals surface area contributed by atoms with E-state index in [0.29, 0.717) is 4.90 Å². The first-order valence-corrected chi connectivity index (χ1v) is 5.14. The van der Waals surface area contributed by atoms with Crippen molar-refractivity contribution in [2.45, 2.75) is 11.8 Å². The number of aryl methyl sites for hydroxylation is 1. The molecule has 0 N–H and O–H groups in total. The van der Waals surface area contributed by atoms with E-state index in [0.717, 1.165) is 5.56 Å². The molecule has 0 radical (unpaired) electrons. The lowest BCUT2D eigenvalue weighted by Gasteiger charge is -2.01. The summed E-state index contributed by atoms with van der Waals surface area (Å²) in [4.78, 5) is 11.6. The van der Waals surface area contributed by atoms with Crippen molar-refractivity contribution in [1.29, 1.82) is 0 Å². The minimum atomic E-state index is -1.34. The Bertz CT molecular complexity index is 387. The number of fused-ring (bicyclic) bond motifs is 1. The van der Waals surface area contributed by atoms with Gasteiger partial charge in [0.05, 0.1) is 27.0 Å². The standard InChI is InChI=1S/C9H7FO2S/c1-5-2-3-6(10)8-7(11)4-13(12)9(5)8/h2-3H,4H2,1H3. The third kappa shape index (κ3) is 1.13. The van der Waals surface area contributed by atoms with Gasteiger partial charge in [0.2, 0.25) is 0 Å². The van der Waals surface area contributed by atoms with E-state index in [9.17, 15) is 13.4 Å². The number of ketones is 1. The van der Waals surface area contributed by atoms with Crippen molar-refractivity contribution >= 4 is 16.6 Å². The molecule has 4 heteroatoms. The van der Waals surface area contributed by atoms with Crippen molar-refractivity contribution in [3.8, 4) is 0 Å². The fourth-order valence-electron chi connectivity index (χ4n) is 1.48. The molecule has 1 heterocycles. The second kappa shape index (κ2) is 2.73. The number of carbonyl (C=O) groups excluding carboxylic acids is 1. The van der Waals surface area contributed by atoms with Crippen LogP contribution in [0.25, 0.3) is 0 Å². The largest absolute Gasteiger partial charge is 0.293 e. The molecule has 0 aliphatic carbocycles. The average Bonchev–Trinajstić information content (AvgIpc) is 2.36. The molecule has 1 aromatic rings. The molecule has 0 spiro atoms. The monoisotopic (exact) mass is 198 g/mol.